The lowest BCUT2D eigenvalue weighted by Gasteiger charge is -2.20. The van der Waals surface area contributed by atoms with E-state index in [1.807, 2.05) is 0 Å². The zero-order valence-electron chi connectivity index (χ0n) is 11.2. The molecule has 1 saturated heterocycles. The molecule has 2 aliphatic rings. The molecule has 2 aromatic rings. The van der Waals surface area contributed by atoms with Crippen molar-refractivity contribution >= 4 is 11.2 Å². The molecule has 0 radical (unpaired) electrons. The molecule has 2 aromatic heterocycles. The summed E-state index contributed by atoms with van der Waals surface area (Å²) in [5.74, 6) is 0. The normalized spacial score (nSPS) is 29.5. The Kier molecular flexibility index (Phi) is 2.56. The standard InChI is InChI=1S/C12H11N5O5/c13-1-2-16-10(20)6-9-15(4-14-6)3-5-7(18)8(19)11(22-5)17(9)12(16)21/h4-5,7-8,11,18-19H,2-3H2/t5-,7-,8-,11-/m1/s1. The van der Waals surface area contributed by atoms with Gasteiger partial charge < -0.3 is 19.5 Å². The molecule has 22 heavy (non-hydrogen) atoms. The third-order valence-electron chi connectivity index (χ3n) is 4.12. The molecule has 0 spiro atoms. The maximum Gasteiger partial charge on any atom is 0.335 e. The molecule has 0 unspecified atom stereocenters. The van der Waals surface area contributed by atoms with Gasteiger partial charge in [0, 0.05) is 0 Å². The minimum absolute atomic E-state index is 0.0210. The second-order valence-electron chi connectivity index (χ2n) is 5.32. The Hall–Kier alpha value is -2.48. The van der Waals surface area contributed by atoms with Gasteiger partial charge in [0.05, 0.1) is 18.9 Å². The minimum atomic E-state index is -1.30. The first-order valence-electron chi connectivity index (χ1n) is 6.63. The van der Waals surface area contributed by atoms with Crippen molar-refractivity contribution in [1.82, 2.24) is 18.7 Å². The van der Waals surface area contributed by atoms with Crippen LogP contribution in [0.4, 0.5) is 0 Å². The van der Waals surface area contributed by atoms with Crippen LogP contribution in [0.5, 0.6) is 0 Å². The average molecular weight is 305 g/mol. The highest BCUT2D eigenvalue weighted by atomic mass is 16.6. The quantitative estimate of drug-likeness (QED) is 0.595. The van der Waals surface area contributed by atoms with Gasteiger partial charge in [0.15, 0.2) is 17.4 Å². The Balaban J connectivity index is 2.13. The van der Waals surface area contributed by atoms with E-state index < -0.39 is 42.3 Å². The lowest BCUT2D eigenvalue weighted by atomic mass is 10.1. The van der Waals surface area contributed by atoms with Crippen molar-refractivity contribution in [2.45, 2.75) is 37.6 Å². The van der Waals surface area contributed by atoms with Crippen molar-refractivity contribution in [3.05, 3.63) is 27.2 Å². The second kappa shape index (κ2) is 4.26. The van der Waals surface area contributed by atoms with E-state index in [1.165, 1.54) is 10.9 Å². The van der Waals surface area contributed by atoms with E-state index in [1.54, 1.807) is 6.07 Å². The van der Waals surface area contributed by atoms with E-state index >= 15 is 0 Å². The van der Waals surface area contributed by atoms with Crippen LogP contribution in [-0.4, -0.2) is 47.2 Å². The van der Waals surface area contributed by atoms with Crippen molar-refractivity contribution in [1.29, 1.82) is 5.26 Å². The van der Waals surface area contributed by atoms with E-state index in [0.717, 1.165) is 9.13 Å². The lowest BCUT2D eigenvalue weighted by Crippen LogP contribution is -2.45. The van der Waals surface area contributed by atoms with Crippen molar-refractivity contribution < 1.29 is 14.9 Å². The van der Waals surface area contributed by atoms with Gasteiger partial charge in [-0.25, -0.2) is 18.9 Å². The zero-order chi connectivity index (χ0) is 15.6. The highest BCUT2D eigenvalue weighted by molar-refractivity contribution is 5.70. The van der Waals surface area contributed by atoms with Gasteiger partial charge in [-0.2, -0.15) is 5.26 Å². The van der Waals surface area contributed by atoms with Gasteiger partial charge in [-0.15, -0.1) is 0 Å². The SMILES string of the molecule is N#CCn1c(=O)c2ncn3c2n(c1=O)[C@@H]1O[C@H](C3)[C@@H](O)[C@H]1O. The van der Waals surface area contributed by atoms with Crippen molar-refractivity contribution in [2.75, 3.05) is 0 Å². The molecule has 2 N–H and O–H groups in total. The molecule has 4 heterocycles. The van der Waals surface area contributed by atoms with Crippen LogP contribution in [0.3, 0.4) is 0 Å². The van der Waals surface area contributed by atoms with Crippen LogP contribution >= 0.6 is 0 Å². The van der Waals surface area contributed by atoms with Crippen LogP contribution < -0.4 is 11.2 Å². The van der Waals surface area contributed by atoms with Gasteiger partial charge in [-0.05, 0) is 0 Å². The molecule has 10 nitrogen and oxygen atoms in total. The molecule has 1 fully saturated rings. The van der Waals surface area contributed by atoms with Gasteiger partial charge in [0.25, 0.3) is 5.56 Å². The molecule has 114 valence electrons. The summed E-state index contributed by atoms with van der Waals surface area (Å²) in [6.07, 6.45) is -2.92. The summed E-state index contributed by atoms with van der Waals surface area (Å²) < 4.78 is 8.91. The molecular weight excluding hydrogens is 294 g/mol. The highest BCUT2D eigenvalue weighted by Gasteiger charge is 2.47. The number of hydrogen-bond acceptors (Lipinski definition) is 7. The average Bonchev–Trinajstić information content (AvgIpc) is 2.96. The van der Waals surface area contributed by atoms with Gasteiger partial charge >= 0.3 is 5.69 Å². The fourth-order valence-corrected chi connectivity index (χ4v) is 3.07. The topological polar surface area (TPSA) is 135 Å². The Morgan fingerprint density at radius 3 is 2.91 bits per heavy atom. The van der Waals surface area contributed by atoms with Gasteiger partial charge in [-0.3, -0.25) is 4.79 Å². The van der Waals surface area contributed by atoms with Gasteiger partial charge in [0.2, 0.25) is 0 Å². The summed E-state index contributed by atoms with van der Waals surface area (Å²) in [5, 5.41) is 28.9. The smallest absolute Gasteiger partial charge is 0.335 e. The molecule has 0 saturated carbocycles. The monoisotopic (exact) mass is 305 g/mol. The van der Waals surface area contributed by atoms with Crippen molar-refractivity contribution in [2.24, 2.45) is 0 Å². The predicted molar refractivity (Wildman–Crippen MR) is 69.8 cm³/mol. The molecule has 4 atom stereocenters. The number of imidazole rings is 1. The number of ether oxygens (including phenoxy) is 1. The van der Waals surface area contributed by atoms with Crippen LogP contribution in [0.1, 0.15) is 6.23 Å². The third kappa shape index (κ3) is 1.45. The maximum absolute atomic E-state index is 12.6. The van der Waals surface area contributed by atoms with E-state index in [4.69, 9.17) is 10.00 Å². The summed E-state index contributed by atoms with van der Waals surface area (Å²) in [6.45, 7) is -0.276. The molecule has 2 bridgehead atoms. The number of rotatable bonds is 1. The first-order valence-corrected chi connectivity index (χ1v) is 6.63. The molecule has 0 amide bonds. The Labute approximate surface area is 122 Å². The van der Waals surface area contributed by atoms with Crippen LogP contribution in [0.25, 0.3) is 11.2 Å². The molecule has 4 rings (SSSR count). The molecular formula is C12H11N5O5. The fraction of sp³-hybridized carbons (Fsp3) is 0.500. The second-order valence-corrected chi connectivity index (χ2v) is 5.32. The summed E-state index contributed by atoms with van der Waals surface area (Å²) in [5.41, 5.74) is -1.20. The highest BCUT2D eigenvalue weighted by Crippen LogP contribution is 2.33. The number of aliphatic hydroxyl groups is 2. The van der Waals surface area contributed by atoms with Crippen molar-refractivity contribution in [3.8, 4) is 6.07 Å². The van der Waals surface area contributed by atoms with Crippen LogP contribution in [0.15, 0.2) is 15.9 Å². The summed E-state index contributed by atoms with van der Waals surface area (Å²) >= 11 is 0. The maximum atomic E-state index is 12.6. The molecule has 2 aliphatic heterocycles. The first-order chi connectivity index (χ1) is 10.5. The number of hydrogen-bond donors (Lipinski definition) is 2. The van der Waals surface area contributed by atoms with Gasteiger partial charge in [-0.1, -0.05) is 0 Å². The largest absolute Gasteiger partial charge is 0.387 e. The molecule has 0 aromatic carbocycles. The number of aliphatic hydroxyl groups excluding tert-OH is 2. The van der Waals surface area contributed by atoms with Crippen LogP contribution in [0.2, 0.25) is 0 Å². The number of fused-ring (bicyclic) bond motifs is 3. The van der Waals surface area contributed by atoms with E-state index in [9.17, 15) is 19.8 Å². The number of nitriles is 1. The lowest BCUT2D eigenvalue weighted by molar-refractivity contribution is -0.0359. The number of aromatic nitrogens is 4. The van der Waals surface area contributed by atoms with Crippen LogP contribution in [-0.2, 0) is 17.8 Å². The number of nitrogens with zero attached hydrogens (tertiary/aromatic N) is 5. The summed E-state index contributed by atoms with van der Waals surface area (Å²) in [4.78, 5) is 28.8. The third-order valence-corrected chi connectivity index (χ3v) is 4.12. The first kappa shape index (κ1) is 13.2. The predicted octanol–water partition coefficient (Wildman–Crippen LogP) is -2.48. The Morgan fingerprint density at radius 2 is 2.18 bits per heavy atom. The fourth-order valence-electron chi connectivity index (χ4n) is 3.07. The summed E-state index contributed by atoms with van der Waals surface area (Å²) in [6, 6.07) is 1.75. The summed E-state index contributed by atoms with van der Waals surface area (Å²) in [7, 11) is 0. The Morgan fingerprint density at radius 1 is 1.41 bits per heavy atom. The van der Waals surface area contributed by atoms with Gasteiger partial charge in [0.1, 0.15) is 24.9 Å². The van der Waals surface area contributed by atoms with E-state index in [-0.39, 0.29) is 17.7 Å². The zero-order valence-corrected chi connectivity index (χ0v) is 11.2. The molecule has 0 aliphatic carbocycles. The van der Waals surface area contributed by atoms with Crippen molar-refractivity contribution in [3.63, 3.8) is 0 Å². The van der Waals surface area contributed by atoms with E-state index in [2.05, 4.69) is 4.98 Å². The van der Waals surface area contributed by atoms with Crippen LogP contribution in [0, 0.1) is 11.3 Å². The minimum Gasteiger partial charge on any atom is -0.387 e. The van der Waals surface area contributed by atoms with E-state index in [0.29, 0.717) is 0 Å². The Bertz CT molecular complexity index is 934. The molecule has 10 heteroatoms.